The molecular formula is C23H29FN4O5Si. The summed E-state index contributed by atoms with van der Waals surface area (Å²) in [6.45, 7) is 8.26. The second-order valence-corrected chi connectivity index (χ2v) is 14.9. The number of rotatable bonds is 10. The number of carbonyl (C=O) groups excluding carboxylic acids is 1. The molecule has 1 aliphatic rings. The van der Waals surface area contributed by atoms with Gasteiger partial charge in [-0.25, -0.2) is 13.8 Å². The molecule has 0 spiro atoms. The highest BCUT2D eigenvalue weighted by molar-refractivity contribution is 6.76. The first-order valence-electron chi connectivity index (χ1n) is 11.1. The van der Waals surface area contributed by atoms with E-state index in [4.69, 9.17) is 14.2 Å². The molecule has 1 aromatic carbocycles. The van der Waals surface area contributed by atoms with Crippen molar-refractivity contribution < 1.29 is 28.5 Å². The summed E-state index contributed by atoms with van der Waals surface area (Å²) in [6, 6.07) is 8.37. The molecule has 1 unspecified atom stereocenters. The molecule has 182 valence electrons. The van der Waals surface area contributed by atoms with Gasteiger partial charge in [-0.15, -0.1) is 0 Å². The zero-order valence-electron chi connectivity index (χ0n) is 19.5. The minimum Gasteiger partial charge on any atom is -0.380 e. The van der Waals surface area contributed by atoms with Gasteiger partial charge in [0.2, 0.25) is 0 Å². The van der Waals surface area contributed by atoms with E-state index in [9.17, 15) is 14.3 Å². The van der Waals surface area contributed by atoms with Gasteiger partial charge in [-0.1, -0.05) is 19.6 Å². The Bertz CT molecular complexity index is 1140. The third-order valence-electron chi connectivity index (χ3n) is 5.49. The Balaban J connectivity index is 1.63. The molecule has 0 radical (unpaired) electrons. The van der Waals surface area contributed by atoms with E-state index in [2.05, 4.69) is 29.8 Å². The first-order valence-corrected chi connectivity index (χ1v) is 14.8. The molecule has 1 aliphatic heterocycles. The van der Waals surface area contributed by atoms with Crippen molar-refractivity contribution in [1.82, 2.24) is 19.6 Å². The Kier molecular flexibility index (Phi) is 7.38. The topological polar surface area (TPSA) is 101 Å². The van der Waals surface area contributed by atoms with Gasteiger partial charge in [0.05, 0.1) is 30.3 Å². The van der Waals surface area contributed by atoms with Crippen LogP contribution in [0.2, 0.25) is 25.7 Å². The third kappa shape index (κ3) is 5.50. The van der Waals surface area contributed by atoms with Crippen LogP contribution in [-0.2, 0) is 20.9 Å². The molecule has 1 fully saturated rings. The van der Waals surface area contributed by atoms with Crippen LogP contribution in [0.5, 0.6) is 0 Å². The summed E-state index contributed by atoms with van der Waals surface area (Å²) in [4.78, 5) is 11.4. The van der Waals surface area contributed by atoms with Crippen LogP contribution in [0.1, 0.15) is 39.8 Å². The molecule has 3 heterocycles. The highest BCUT2D eigenvalue weighted by atomic mass is 28.3. The van der Waals surface area contributed by atoms with Gasteiger partial charge < -0.3 is 19.3 Å². The van der Waals surface area contributed by atoms with Crippen molar-refractivity contribution >= 4 is 14.4 Å². The van der Waals surface area contributed by atoms with Crippen LogP contribution in [0.3, 0.4) is 0 Å². The van der Waals surface area contributed by atoms with Crippen LogP contribution < -0.4 is 0 Å². The van der Waals surface area contributed by atoms with E-state index in [1.165, 1.54) is 33.8 Å². The Morgan fingerprint density at radius 1 is 1.24 bits per heavy atom. The van der Waals surface area contributed by atoms with E-state index >= 15 is 0 Å². The molecule has 4 rings (SSSR count). The molecule has 3 aromatic rings. The van der Waals surface area contributed by atoms with Crippen molar-refractivity contribution in [3.05, 3.63) is 65.0 Å². The Hall–Kier alpha value is -2.70. The van der Waals surface area contributed by atoms with Gasteiger partial charge in [-0.05, 0) is 36.4 Å². The second-order valence-electron chi connectivity index (χ2n) is 9.31. The molecule has 2 aromatic heterocycles. The average molecular weight is 489 g/mol. The van der Waals surface area contributed by atoms with Gasteiger partial charge in [0.25, 0.3) is 0 Å². The Labute approximate surface area is 198 Å². The van der Waals surface area contributed by atoms with Crippen LogP contribution in [0.25, 0.3) is 5.69 Å². The van der Waals surface area contributed by atoms with Crippen molar-refractivity contribution in [3.63, 3.8) is 0 Å². The molecule has 1 atom stereocenters. The minimum atomic E-state index is -1.26. The first kappa shape index (κ1) is 24.4. The Morgan fingerprint density at radius 3 is 2.71 bits per heavy atom. The van der Waals surface area contributed by atoms with Crippen molar-refractivity contribution in [2.24, 2.45) is 0 Å². The number of aromatic nitrogens is 4. The van der Waals surface area contributed by atoms with E-state index < -0.39 is 26.3 Å². The fourth-order valence-electron chi connectivity index (χ4n) is 3.68. The SMILES string of the molecule is C[Si](C)(C)CCOCn1nc(C=O)cc1C(O)c1ccnn1-c1ccc(F)cc1C1OCCO1. The number of benzene rings is 1. The van der Waals surface area contributed by atoms with Crippen LogP contribution >= 0.6 is 0 Å². The summed E-state index contributed by atoms with van der Waals surface area (Å²) in [6.07, 6.45) is 0.256. The summed E-state index contributed by atoms with van der Waals surface area (Å²) in [5.41, 5.74) is 1.96. The molecular weight excluding hydrogens is 459 g/mol. The summed E-state index contributed by atoms with van der Waals surface area (Å²) >= 11 is 0. The number of aliphatic hydroxyl groups excluding tert-OH is 1. The van der Waals surface area contributed by atoms with Crippen molar-refractivity contribution in [2.75, 3.05) is 19.8 Å². The van der Waals surface area contributed by atoms with Crippen molar-refractivity contribution in [3.8, 4) is 5.69 Å². The number of aliphatic hydroxyl groups is 1. The zero-order chi connectivity index (χ0) is 24.3. The highest BCUT2D eigenvalue weighted by Gasteiger charge is 2.27. The lowest BCUT2D eigenvalue weighted by Crippen LogP contribution is -2.22. The summed E-state index contributed by atoms with van der Waals surface area (Å²) in [7, 11) is -1.26. The van der Waals surface area contributed by atoms with E-state index in [1.54, 1.807) is 12.1 Å². The third-order valence-corrected chi connectivity index (χ3v) is 7.19. The molecule has 1 N–H and O–H groups in total. The number of ether oxygens (including phenoxy) is 3. The van der Waals surface area contributed by atoms with Crippen LogP contribution in [0.15, 0.2) is 36.5 Å². The fraction of sp³-hybridized carbons (Fsp3) is 0.435. The van der Waals surface area contributed by atoms with E-state index in [0.29, 0.717) is 48.7 Å². The lowest BCUT2D eigenvalue weighted by atomic mass is 10.1. The van der Waals surface area contributed by atoms with Crippen molar-refractivity contribution in [2.45, 2.75) is 44.8 Å². The minimum absolute atomic E-state index is 0.102. The maximum atomic E-state index is 14.0. The highest BCUT2D eigenvalue weighted by Crippen LogP contribution is 2.32. The molecule has 34 heavy (non-hydrogen) atoms. The molecule has 11 heteroatoms. The maximum Gasteiger partial charge on any atom is 0.186 e. The van der Waals surface area contributed by atoms with Gasteiger partial charge in [0.15, 0.2) is 12.6 Å². The largest absolute Gasteiger partial charge is 0.380 e. The number of hydrogen-bond acceptors (Lipinski definition) is 7. The van der Waals surface area contributed by atoms with Gasteiger partial charge in [0.1, 0.15) is 24.3 Å². The fourth-order valence-corrected chi connectivity index (χ4v) is 4.44. The normalized spacial score (nSPS) is 15.7. The number of carbonyl (C=O) groups is 1. The second kappa shape index (κ2) is 10.3. The summed E-state index contributed by atoms with van der Waals surface area (Å²) < 4.78 is 34.0. The first-order chi connectivity index (χ1) is 16.3. The average Bonchev–Trinajstić information content (AvgIpc) is 3.56. The van der Waals surface area contributed by atoms with E-state index in [1.807, 2.05) is 0 Å². The van der Waals surface area contributed by atoms with Crippen molar-refractivity contribution in [1.29, 1.82) is 0 Å². The maximum absolute atomic E-state index is 14.0. The van der Waals surface area contributed by atoms with E-state index in [0.717, 1.165) is 6.04 Å². The Morgan fingerprint density at radius 2 is 2.00 bits per heavy atom. The van der Waals surface area contributed by atoms with Crippen LogP contribution in [0, 0.1) is 5.82 Å². The summed E-state index contributed by atoms with van der Waals surface area (Å²) in [5.74, 6) is -0.434. The standard InChI is InChI=1S/C23H29FN4O5Si/c1-34(2,3)11-10-31-15-27-21(13-17(14-29)26-27)22(30)20-6-7-25-28(20)19-5-4-16(24)12-18(19)23-32-8-9-33-23/h4-7,12-14,22-23,30H,8-11,15H2,1-3H3. The quantitative estimate of drug-likeness (QED) is 0.265. The predicted molar refractivity (Wildman–Crippen MR) is 124 cm³/mol. The summed E-state index contributed by atoms with van der Waals surface area (Å²) in [5, 5.41) is 19.9. The molecule has 0 saturated carbocycles. The number of nitrogens with zero attached hydrogens (tertiary/aromatic N) is 4. The lowest BCUT2D eigenvalue weighted by Gasteiger charge is -2.19. The number of aldehydes is 1. The number of hydrogen-bond donors (Lipinski definition) is 1. The molecule has 1 saturated heterocycles. The smallest absolute Gasteiger partial charge is 0.186 e. The molecule has 0 amide bonds. The van der Waals surface area contributed by atoms with Gasteiger partial charge in [0, 0.05) is 26.4 Å². The van der Waals surface area contributed by atoms with Gasteiger partial charge >= 0.3 is 0 Å². The molecule has 9 nitrogen and oxygen atoms in total. The molecule has 0 bridgehead atoms. The predicted octanol–water partition coefficient (Wildman–Crippen LogP) is 3.46. The van der Waals surface area contributed by atoms with Gasteiger partial charge in [-0.3, -0.25) is 4.79 Å². The van der Waals surface area contributed by atoms with Gasteiger partial charge in [-0.2, -0.15) is 10.2 Å². The van der Waals surface area contributed by atoms with E-state index in [-0.39, 0.29) is 12.4 Å². The van der Waals surface area contributed by atoms with Crippen LogP contribution in [0.4, 0.5) is 4.39 Å². The monoisotopic (exact) mass is 488 g/mol. The molecule has 0 aliphatic carbocycles. The lowest BCUT2D eigenvalue weighted by molar-refractivity contribution is -0.0443. The van der Waals surface area contributed by atoms with Crippen LogP contribution in [-0.4, -0.2) is 58.8 Å². The zero-order valence-corrected chi connectivity index (χ0v) is 20.5. The number of halogens is 1.